The van der Waals surface area contributed by atoms with Crippen LogP contribution < -0.4 is 5.32 Å². The highest BCUT2D eigenvalue weighted by atomic mass is 127. The smallest absolute Gasteiger partial charge is 0.253 e. The highest BCUT2D eigenvalue weighted by Crippen LogP contribution is 2.23. The van der Waals surface area contributed by atoms with Gasteiger partial charge < -0.3 is 5.32 Å². The van der Waals surface area contributed by atoms with Crippen LogP contribution >= 0.6 is 22.6 Å². The van der Waals surface area contributed by atoms with E-state index >= 15 is 0 Å². The van der Waals surface area contributed by atoms with Gasteiger partial charge in [-0.25, -0.2) is 4.39 Å². The fourth-order valence-electron chi connectivity index (χ4n) is 2.53. The van der Waals surface area contributed by atoms with E-state index < -0.39 is 0 Å². The third kappa shape index (κ3) is 3.82. The summed E-state index contributed by atoms with van der Waals surface area (Å²) >= 11 is 1.98. The number of carbonyl (C=O) groups excluding carboxylic acids is 1. The summed E-state index contributed by atoms with van der Waals surface area (Å²) in [5.41, 5.74) is 2.46. The zero-order valence-corrected chi connectivity index (χ0v) is 14.9. The summed E-state index contributed by atoms with van der Waals surface area (Å²) in [5.74, 6) is -0.573. The van der Waals surface area contributed by atoms with Gasteiger partial charge >= 0.3 is 0 Å². The Morgan fingerprint density at radius 2 is 1.42 bits per heavy atom. The van der Waals surface area contributed by atoms with Crippen LogP contribution in [0.15, 0.2) is 78.9 Å². The monoisotopic (exact) mass is 431 g/mol. The molecular formula is C20H15FINO. The van der Waals surface area contributed by atoms with E-state index in [4.69, 9.17) is 0 Å². The fraction of sp³-hybridized carbons (Fsp3) is 0.0500. The Morgan fingerprint density at radius 1 is 0.875 bits per heavy atom. The molecule has 0 heterocycles. The van der Waals surface area contributed by atoms with Gasteiger partial charge in [-0.1, -0.05) is 60.7 Å². The molecule has 0 aliphatic rings. The van der Waals surface area contributed by atoms with Crippen molar-refractivity contribution in [3.05, 3.63) is 105 Å². The van der Waals surface area contributed by atoms with Gasteiger partial charge in [-0.05, 0) is 51.9 Å². The van der Waals surface area contributed by atoms with E-state index in [0.29, 0.717) is 9.13 Å². The molecule has 1 N–H and O–H groups in total. The van der Waals surface area contributed by atoms with Crippen molar-refractivity contribution in [3.63, 3.8) is 0 Å². The van der Waals surface area contributed by atoms with Crippen LogP contribution in [0, 0.1) is 9.39 Å². The van der Waals surface area contributed by atoms with Gasteiger partial charge in [0.1, 0.15) is 5.82 Å². The number of benzene rings is 3. The first kappa shape index (κ1) is 16.6. The lowest BCUT2D eigenvalue weighted by atomic mass is 9.98. The second-order valence-electron chi connectivity index (χ2n) is 5.35. The van der Waals surface area contributed by atoms with Crippen LogP contribution in [-0.4, -0.2) is 5.91 Å². The third-order valence-electron chi connectivity index (χ3n) is 3.72. The minimum Gasteiger partial charge on any atom is -0.341 e. The number of hydrogen-bond donors (Lipinski definition) is 1. The molecule has 120 valence electrons. The molecule has 3 rings (SSSR count). The van der Waals surface area contributed by atoms with Crippen molar-refractivity contribution in [1.29, 1.82) is 0 Å². The lowest BCUT2D eigenvalue weighted by molar-refractivity contribution is 0.0942. The summed E-state index contributed by atoms with van der Waals surface area (Å²) in [4.78, 5) is 12.7. The maximum Gasteiger partial charge on any atom is 0.253 e. The molecule has 0 saturated carbocycles. The van der Waals surface area contributed by atoms with Crippen molar-refractivity contribution < 1.29 is 9.18 Å². The minimum atomic E-state index is -0.349. The molecule has 0 unspecified atom stereocenters. The maximum atomic E-state index is 13.3. The molecule has 3 aromatic carbocycles. The standard InChI is InChI=1S/C20H15FINO/c21-16-11-12-17(18(22)13-16)20(24)23-19(14-7-3-1-4-8-14)15-9-5-2-6-10-15/h1-13,19H,(H,23,24). The molecule has 0 atom stereocenters. The lowest BCUT2D eigenvalue weighted by Gasteiger charge is -2.20. The van der Waals surface area contributed by atoms with Crippen LogP contribution in [0.1, 0.15) is 27.5 Å². The van der Waals surface area contributed by atoms with E-state index in [1.165, 1.54) is 18.2 Å². The Balaban J connectivity index is 1.94. The summed E-state index contributed by atoms with van der Waals surface area (Å²) in [6.45, 7) is 0. The van der Waals surface area contributed by atoms with Gasteiger partial charge in [0.15, 0.2) is 0 Å². The highest BCUT2D eigenvalue weighted by Gasteiger charge is 2.19. The predicted octanol–water partition coefficient (Wildman–Crippen LogP) is 4.95. The van der Waals surface area contributed by atoms with Crippen LogP contribution in [0.25, 0.3) is 0 Å². The van der Waals surface area contributed by atoms with Crippen LogP contribution in [0.2, 0.25) is 0 Å². The van der Waals surface area contributed by atoms with Crippen LogP contribution in [-0.2, 0) is 0 Å². The molecule has 24 heavy (non-hydrogen) atoms. The Kier molecular flexibility index (Phi) is 5.25. The first-order valence-electron chi connectivity index (χ1n) is 7.51. The molecule has 2 nitrogen and oxygen atoms in total. The quantitative estimate of drug-likeness (QED) is 0.582. The molecule has 0 aromatic heterocycles. The first-order valence-corrected chi connectivity index (χ1v) is 8.59. The second-order valence-corrected chi connectivity index (χ2v) is 6.51. The molecule has 3 aromatic rings. The van der Waals surface area contributed by atoms with Gasteiger partial charge in [0, 0.05) is 3.57 Å². The number of halogens is 2. The molecule has 0 fully saturated rings. The Bertz CT molecular complexity index is 797. The number of hydrogen-bond acceptors (Lipinski definition) is 1. The zero-order chi connectivity index (χ0) is 16.9. The van der Waals surface area contributed by atoms with E-state index in [1.807, 2.05) is 83.3 Å². The summed E-state index contributed by atoms with van der Waals surface area (Å²) in [5, 5.41) is 3.06. The van der Waals surface area contributed by atoms with Crippen molar-refractivity contribution in [1.82, 2.24) is 5.32 Å². The van der Waals surface area contributed by atoms with E-state index in [-0.39, 0.29) is 17.8 Å². The maximum absolute atomic E-state index is 13.3. The van der Waals surface area contributed by atoms with Gasteiger partial charge in [0.05, 0.1) is 11.6 Å². The highest BCUT2D eigenvalue weighted by molar-refractivity contribution is 14.1. The summed E-state index contributed by atoms with van der Waals surface area (Å²) in [6, 6.07) is 23.5. The van der Waals surface area contributed by atoms with Crippen LogP contribution in [0.4, 0.5) is 4.39 Å². The molecule has 0 radical (unpaired) electrons. The third-order valence-corrected chi connectivity index (χ3v) is 4.61. The largest absolute Gasteiger partial charge is 0.341 e. The zero-order valence-electron chi connectivity index (χ0n) is 12.7. The van der Waals surface area contributed by atoms with Crippen molar-refractivity contribution in [2.75, 3.05) is 0 Å². The molecular weight excluding hydrogens is 416 g/mol. The van der Waals surface area contributed by atoms with Crippen LogP contribution in [0.3, 0.4) is 0 Å². The molecule has 0 spiro atoms. The van der Waals surface area contributed by atoms with Crippen molar-refractivity contribution >= 4 is 28.5 Å². The first-order chi connectivity index (χ1) is 11.6. The average molecular weight is 431 g/mol. The molecule has 0 bridgehead atoms. The van der Waals surface area contributed by atoms with Gasteiger partial charge in [0.25, 0.3) is 5.91 Å². The summed E-state index contributed by atoms with van der Waals surface area (Å²) < 4.78 is 13.9. The molecule has 0 aliphatic carbocycles. The number of carbonyl (C=O) groups is 1. The predicted molar refractivity (Wildman–Crippen MR) is 101 cm³/mol. The van der Waals surface area contributed by atoms with Crippen LogP contribution in [0.5, 0.6) is 0 Å². The molecule has 0 saturated heterocycles. The summed E-state index contributed by atoms with van der Waals surface area (Å²) in [7, 11) is 0. The van der Waals surface area contributed by atoms with Crippen molar-refractivity contribution in [2.45, 2.75) is 6.04 Å². The van der Waals surface area contributed by atoms with Gasteiger partial charge in [-0.2, -0.15) is 0 Å². The molecule has 0 aliphatic heterocycles. The van der Waals surface area contributed by atoms with Gasteiger partial charge in [0.2, 0.25) is 0 Å². The Labute approximate surface area is 153 Å². The van der Waals surface area contributed by atoms with Crippen molar-refractivity contribution in [3.8, 4) is 0 Å². The number of rotatable bonds is 4. The SMILES string of the molecule is O=C(NC(c1ccccc1)c1ccccc1)c1ccc(F)cc1I. The normalized spacial score (nSPS) is 10.6. The Morgan fingerprint density at radius 3 is 1.92 bits per heavy atom. The van der Waals surface area contributed by atoms with E-state index in [0.717, 1.165) is 11.1 Å². The van der Waals surface area contributed by atoms with E-state index in [9.17, 15) is 9.18 Å². The van der Waals surface area contributed by atoms with Gasteiger partial charge in [-0.3, -0.25) is 4.79 Å². The van der Waals surface area contributed by atoms with Gasteiger partial charge in [-0.15, -0.1) is 0 Å². The summed E-state index contributed by atoms with van der Waals surface area (Å²) in [6.07, 6.45) is 0. The van der Waals surface area contributed by atoms with Crippen molar-refractivity contribution in [2.24, 2.45) is 0 Å². The lowest BCUT2D eigenvalue weighted by Crippen LogP contribution is -2.29. The fourth-order valence-corrected chi connectivity index (χ4v) is 3.25. The Hall–Kier alpha value is -2.21. The topological polar surface area (TPSA) is 29.1 Å². The number of nitrogens with one attached hydrogen (secondary N) is 1. The average Bonchev–Trinajstić information content (AvgIpc) is 2.61. The van der Waals surface area contributed by atoms with E-state index in [2.05, 4.69) is 5.32 Å². The molecule has 4 heteroatoms. The second kappa shape index (κ2) is 7.57. The minimum absolute atomic E-state index is 0.225. The van der Waals surface area contributed by atoms with E-state index in [1.54, 1.807) is 0 Å². The number of amides is 1. The molecule has 1 amide bonds.